The van der Waals surface area contributed by atoms with Gasteiger partial charge in [0.25, 0.3) is 0 Å². The number of halogens is 2. The number of hydrogen-bond donors (Lipinski definition) is 1. The molecule has 1 aromatic carbocycles. The van der Waals surface area contributed by atoms with Crippen molar-refractivity contribution < 1.29 is 14.3 Å². The zero-order valence-electron chi connectivity index (χ0n) is 16.0. The van der Waals surface area contributed by atoms with E-state index in [0.717, 1.165) is 34.5 Å². The molecule has 0 aliphatic carbocycles. The van der Waals surface area contributed by atoms with Gasteiger partial charge >= 0.3 is 6.09 Å². The van der Waals surface area contributed by atoms with E-state index in [0.29, 0.717) is 6.54 Å². The summed E-state index contributed by atoms with van der Waals surface area (Å²) in [4.78, 5) is 17.9. The summed E-state index contributed by atoms with van der Waals surface area (Å²) in [6.07, 6.45) is 0.605. The van der Waals surface area contributed by atoms with Crippen molar-refractivity contribution >= 4 is 22.0 Å². The molecule has 1 fully saturated rings. The first-order valence-corrected chi connectivity index (χ1v) is 9.88. The predicted octanol–water partition coefficient (Wildman–Crippen LogP) is 5.49. The van der Waals surface area contributed by atoms with Crippen LogP contribution in [-0.4, -0.2) is 38.2 Å². The van der Waals surface area contributed by atoms with Crippen LogP contribution in [0.4, 0.5) is 9.18 Å². The van der Waals surface area contributed by atoms with Crippen molar-refractivity contribution in [1.82, 2.24) is 14.5 Å². The smallest absolute Gasteiger partial charge is 0.407 e. The van der Waals surface area contributed by atoms with Crippen molar-refractivity contribution in [3.05, 3.63) is 40.5 Å². The molecule has 2 atom stereocenters. The van der Waals surface area contributed by atoms with Crippen LogP contribution >= 0.6 is 15.9 Å². The maximum Gasteiger partial charge on any atom is 0.407 e. The van der Waals surface area contributed by atoms with Crippen LogP contribution in [-0.2, 0) is 0 Å². The van der Waals surface area contributed by atoms with E-state index < -0.39 is 6.09 Å². The van der Waals surface area contributed by atoms with Crippen molar-refractivity contribution in [3.63, 3.8) is 0 Å². The average molecular weight is 438 g/mol. The van der Waals surface area contributed by atoms with Gasteiger partial charge in [0.05, 0.1) is 0 Å². The van der Waals surface area contributed by atoms with E-state index in [2.05, 4.69) is 41.3 Å². The van der Waals surface area contributed by atoms with Gasteiger partial charge in [-0.1, -0.05) is 20.8 Å². The topological polar surface area (TPSA) is 58.4 Å². The van der Waals surface area contributed by atoms with E-state index in [9.17, 15) is 14.3 Å². The van der Waals surface area contributed by atoms with Gasteiger partial charge in [-0.05, 0) is 65.4 Å². The van der Waals surface area contributed by atoms with E-state index in [4.69, 9.17) is 4.98 Å². The van der Waals surface area contributed by atoms with Crippen LogP contribution in [0.5, 0.6) is 0 Å². The molecule has 0 spiro atoms. The number of hydrogen-bond acceptors (Lipinski definition) is 2. The van der Waals surface area contributed by atoms with Gasteiger partial charge in [-0.15, -0.1) is 0 Å². The normalized spacial score (nSPS) is 20.7. The minimum atomic E-state index is -0.859. The Balaban J connectivity index is 1.95. The summed E-state index contributed by atoms with van der Waals surface area (Å²) in [5.74, 6) is 0.586. The number of carbonyl (C=O) groups is 1. The Hall–Kier alpha value is -1.89. The number of likely N-dealkylation sites (tertiary alicyclic amines) is 1. The van der Waals surface area contributed by atoms with E-state index in [-0.39, 0.29) is 23.3 Å². The molecule has 1 N–H and O–H groups in total. The third-order valence-corrected chi connectivity index (χ3v) is 6.09. The third-order valence-electron chi connectivity index (χ3n) is 5.33. The largest absolute Gasteiger partial charge is 0.465 e. The number of aryl methyl sites for hydroxylation is 1. The minimum absolute atomic E-state index is 0.0725. The molecule has 0 saturated carbocycles. The first kappa shape index (κ1) is 19.9. The Bertz CT molecular complexity index is 842. The number of imidazole rings is 1. The number of aromatic nitrogens is 2. The summed E-state index contributed by atoms with van der Waals surface area (Å²) in [6, 6.07) is 6.38. The van der Waals surface area contributed by atoms with Crippen LogP contribution < -0.4 is 0 Å². The molecule has 0 bridgehead atoms. The molecule has 1 saturated heterocycles. The summed E-state index contributed by atoms with van der Waals surface area (Å²) in [5, 5.41) is 9.58. The molecule has 27 heavy (non-hydrogen) atoms. The molecule has 1 aliphatic rings. The van der Waals surface area contributed by atoms with Gasteiger partial charge in [0.2, 0.25) is 0 Å². The van der Waals surface area contributed by atoms with Crippen molar-refractivity contribution in [3.8, 4) is 11.3 Å². The number of piperidine rings is 1. The molecular weight excluding hydrogens is 413 g/mol. The van der Waals surface area contributed by atoms with Crippen LogP contribution in [0.25, 0.3) is 11.3 Å². The van der Waals surface area contributed by atoms with E-state index in [1.807, 2.05) is 6.92 Å². The molecule has 1 aromatic heterocycles. The van der Waals surface area contributed by atoms with Gasteiger partial charge < -0.3 is 14.6 Å². The fourth-order valence-electron chi connectivity index (χ4n) is 3.97. The highest BCUT2D eigenvalue weighted by atomic mass is 79.9. The second kappa shape index (κ2) is 7.26. The second-order valence-corrected chi connectivity index (χ2v) is 8.96. The standard InChI is InChI=1S/C20H25BrFN3O2/c1-12-23-17(13-5-7-14(22)8-6-13)18(21)25(12)15-9-10-24(19(26)27)16(11-15)20(2,3)4/h5-8,15-16H,9-11H2,1-4H3,(H,26,27). The Labute approximate surface area is 167 Å². The first-order chi connectivity index (χ1) is 12.6. The Morgan fingerprint density at radius 3 is 2.48 bits per heavy atom. The number of rotatable bonds is 2. The van der Waals surface area contributed by atoms with Crippen LogP contribution in [0.15, 0.2) is 28.9 Å². The molecule has 5 nitrogen and oxygen atoms in total. The quantitative estimate of drug-likeness (QED) is 0.675. The van der Waals surface area contributed by atoms with Crippen LogP contribution in [0.1, 0.15) is 45.5 Å². The van der Waals surface area contributed by atoms with Crippen LogP contribution in [0, 0.1) is 18.2 Å². The summed E-state index contributed by atoms with van der Waals surface area (Å²) >= 11 is 3.68. The highest BCUT2D eigenvalue weighted by Gasteiger charge is 2.40. The Kier molecular flexibility index (Phi) is 5.34. The van der Waals surface area contributed by atoms with Crippen molar-refractivity contribution in [1.29, 1.82) is 0 Å². The van der Waals surface area contributed by atoms with Crippen molar-refractivity contribution in [2.24, 2.45) is 5.41 Å². The SMILES string of the molecule is Cc1nc(-c2ccc(F)cc2)c(Br)n1C1CCN(C(=O)O)C(C(C)(C)C)C1. The zero-order valence-corrected chi connectivity index (χ0v) is 17.6. The lowest BCUT2D eigenvalue weighted by Gasteiger charge is -2.45. The maximum absolute atomic E-state index is 13.2. The van der Waals surface area contributed by atoms with E-state index in [1.54, 1.807) is 17.0 Å². The Morgan fingerprint density at radius 1 is 1.30 bits per heavy atom. The van der Waals surface area contributed by atoms with Gasteiger partial charge in [-0.3, -0.25) is 0 Å². The lowest BCUT2D eigenvalue weighted by molar-refractivity contribution is 0.0422. The molecule has 0 radical (unpaired) electrons. The summed E-state index contributed by atoms with van der Waals surface area (Å²) in [5.41, 5.74) is 1.47. The Morgan fingerprint density at radius 2 is 1.93 bits per heavy atom. The zero-order chi connectivity index (χ0) is 19.9. The number of amides is 1. The molecule has 7 heteroatoms. The van der Waals surface area contributed by atoms with Crippen LogP contribution in [0.2, 0.25) is 0 Å². The number of benzene rings is 1. The minimum Gasteiger partial charge on any atom is -0.465 e. The molecule has 2 unspecified atom stereocenters. The second-order valence-electron chi connectivity index (χ2n) is 8.21. The maximum atomic E-state index is 13.2. The first-order valence-electron chi connectivity index (χ1n) is 9.09. The van der Waals surface area contributed by atoms with Gasteiger partial charge in [0, 0.05) is 24.2 Å². The van der Waals surface area contributed by atoms with Gasteiger partial charge in [-0.2, -0.15) is 0 Å². The molecule has 1 aliphatic heterocycles. The average Bonchev–Trinajstić information content (AvgIpc) is 2.88. The monoisotopic (exact) mass is 437 g/mol. The predicted molar refractivity (Wildman–Crippen MR) is 106 cm³/mol. The van der Waals surface area contributed by atoms with E-state index >= 15 is 0 Å². The van der Waals surface area contributed by atoms with Gasteiger partial charge in [0.15, 0.2) is 0 Å². The van der Waals surface area contributed by atoms with Crippen molar-refractivity contribution in [2.75, 3.05) is 6.54 Å². The summed E-state index contributed by atoms with van der Waals surface area (Å²) in [6.45, 7) is 8.69. The van der Waals surface area contributed by atoms with Crippen molar-refractivity contribution in [2.45, 2.75) is 52.6 Å². The highest BCUT2D eigenvalue weighted by molar-refractivity contribution is 9.10. The lowest BCUT2D eigenvalue weighted by Crippen LogP contribution is -2.51. The van der Waals surface area contributed by atoms with E-state index in [1.165, 1.54) is 12.1 Å². The number of carboxylic acid groups (broad SMARTS) is 1. The van der Waals surface area contributed by atoms with Crippen LogP contribution in [0.3, 0.4) is 0 Å². The molecule has 3 rings (SSSR count). The lowest BCUT2D eigenvalue weighted by atomic mass is 9.79. The highest BCUT2D eigenvalue weighted by Crippen LogP contribution is 2.40. The van der Waals surface area contributed by atoms with Gasteiger partial charge in [0.1, 0.15) is 21.9 Å². The molecule has 146 valence electrons. The number of nitrogens with zero attached hydrogens (tertiary/aromatic N) is 3. The molecule has 2 heterocycles. The third kappa shape index (κ3) is 3.88. The molecule has 1 amide bonds. The molecule has 2 aromatic rings. The summed E-state index contributed by atoms with van der Waals surface area (Å²) < 4.78 is 16.2. The summed E-state index contributed by atoms with van der Waals surface area (Å²) in [7, 11) is 0. The fraction of sp³-hybridized carbons (Fsp3) is 0.500. The van der Waals surface area contributed by atoms with Gasteiger partial charge in [-0.25, -0.2) is 14.2 Å². The molecular formula is C20H25BrFN3O2. The fourth-order valence-corrected chi connectivity index (χ4v) is 4.83.